The molecule has 19 heavy (non-hydrogen) atoms. The number of anilines is 1. The van der Waals surface area contributed by atoms with Crippen LogP contribution in [0.4, 0.5) is 5.69 Å². The first-order valence-corrected chi connectivity index (χ1v) is 8.43. The number of benzene rings is 1. The van der Waals surface area contributed by atoms with Gasteiger partial charge in [-0.1, -0.05) is 15.9 Å². The summed E-state index contributed by atoms with van der Waals surface area (Å²) in [5.74, 6) is -0.400. The van der Waals surface area contributed by atoms with Crippen LogP contribution >= 0.6 is 15.9 Å². The topological polar surface area (TPSA) is 66.5 Å². The Morgan fingerprint density at radius 1 is 1.42 bits per heavy atom. The van der Waals surface area contributed by atoms with Gasteiger partial charge in [-0.2, -0.15) is 0 Å². The molecular formula is C12H15BrN2O3S. The number of hydrogen-bond donors (Lipinski definition) is 1. The van der Waals surface area contributed by atoms with E-state index in [0.29, 0.717) is 0 Å². The lowest BCUT2D eigenvalue weighted by Crippen LogP contribution is -2.53. The Balaban J connectivity index is 1.96. The van der Waals surface area contributed by atoms with Gasteiger partial charge in [0.2, 0.25) is 15.9 Å². The van der Waals surface area contributed by atoms with Gasteiger partial charge in [0.1, 0.15) is 0 Å². The fourth-order valence-corrected chi connectivity index (χ4v) is 3.25. The van der Waals surface area contributed by atoms with Gasteiger partial charge in [0, 0.05) is 23.2 Å². The maximum atomic E-state index is 12.0. The van der Waals surface area contributed by atoms with Crippen LogP contribution in [0.25, 0.3) is 0 Å². The first kappa shape index (κ1) is 14.5. The van der Waals surface area contributed by atoms with Crippen molar-refractivity contribution in [3.63, 3.8) is 0 Å². The molecule has 1 N–H and O–H groups in total. The van der Waals surface area contributed by atoms with Crippen LogP contribution in [0.2, 0.25) is 0 Å². The third-order valence-electron chi connectivity index (χ3n) is 3.13. The smallest absolute Gasteiger partial charge is 0.230 e. The van der Waals surface area contributed by atoms with Gasteiger partial charge in [0.05, 0.1) is 12.2 Å². The molecule has 0 aromatic heterocycles. The zero-order valence-corrected chi connectivity index (χ0v) is 13.1. The van der Waals surface area contributed by atoms with Gasteiger partial charge in [0.15, 0.2) is 0 Å². The molecule has 1 aliphatic heterocycles. The number of halogens is 1. The molecule has 5 nitrogen and oxygen atoms in total. The Kier molecular flexibility index (Phi) is 3.98. The van der Waals surface area contributed by atoms with Crippen molar-refractivity contribution in [2.24, 2.45) is 5.92 Å². The van der Waals surface area contributed by atoms with E-state index in [1.807, 2.05) is 25.1 Å². The molecular weight excluding hydrogens is 332 g/mol. The highest BCUT2D eigenvalue weighted by atomic mass is 79.9. The molecule has 0 saturated carbocycles. The summed E-state index contributed by atoms with van der Waals surface area (Å²) >= 11 is 3.36. The molecule has 1 heterocycles. The third kappa shape index (κ3) is 3.34. The Hall–Kier alpha value is -0.920. The van der Waals surface area contributed by atoms with Crippen LogP contribution in [-0.4, -0.2) is 38.0 Å². The predicted octanol–water partition coefficient (Wildman–Crippen LogP) is 1.59. The van der Waals surface area contributed by atoms with Crippen LogP contribution in [0, 0.1) is 12.8 Å². The van der Waals surface area contributed by atoms with Crippen molar-refractivity contribution in [2.45, 2.75) is 6.92 Å². The van der Waals surface area contributed by atoms with Crippen LogP contribution in [0.1, 0.15) is 5.56 Å². The Morgan fingerprint density at radius 3 is 2.58 bits per heavy atom. The van der Waals surface area contributed by atoms with Crippen LogP contribution in [0.15, 0.2) is 22.7 Å². The number of rotatable bonds is 3. The molecule has 7 heteroatoms. The summed E-state index contributed by atoms with van der Waals surface area (Å²) < 4.78 is 24.7. The van der Waals surface area contributed by atoms with E-state index in [9.17, 15) is 13.2 Å². The lowest BCUT2D eigenvalue weighted by atomic mass is 10.0. The minimum Gasteiger partial charge on any atom is -0.326 e. The summed E-state index contributed by atoms with van der Waals surface area (Å²) in [5.41, 5.74) is 1.72. The molecule has 1 aliphatic rings. The molecule has 0 aliphatic carbocycles. The summed E-state index contributed by atoms with van der Waals surface area (Å²) in [6.07, 6.45) is 1.15. The summed E-state index contributed by atoms with van der Waals surface area (Å²) in [7, 11) is -3.17. The van der Waals surface area contributed by atoms with E-state index in [2.05, 4.69) is 21.2 Å². The number of aryl methyl sites for hydroxylation is 1. The minimum atomic E-state index is -3.17. The van der Waals surface area contributed by atoms with E-state index < -0.39 is 10.0 Å². The average molecular weight is 347 g/mol. The highest BCUT2D eigenvalue weighted by Crippen LogP contribution is 2.23. The van der Waals surface area contributed by atoms with E-state index in [4.69, 9.17) is 0 Å². The molecule has 0 unspecified atom stereocenters. The number of amides is 1. The van der Waals surface area contributed by atoms with Crippen LogP contribution < -0.4 is 5.32 Å². The van der Waals surface area contributed by atoms with Gasteiger partial charge in [-0.25, -0.2) is 12.7 Å². The van der Waals surface area contributed by atoms with Gasteiger partial charge in [-0.05, 0) is 30.7 Å². The van der Waals surface area contributed by atoms with Crippen molar-refractivity contribution in [1.82, 2.24) is 4.31 Å². The Morgan fingerprint density at radius 2 is 2.05 bits per heavy atom. The quantitative estimate of drug-likeness (QED) is 0.903. The number of nitrogens with zero attached hydrogens (tertiary/aromatic N) is 1. The Bertz CT molecular complexity index is 609. The van der Waals surface area contributed by atoms with Crippen molar-refractivity contribution in [1.29, 1.82) is 0 Å². The van der Waals surface area contributed by atoms with Crippen molar-refractivity contribution < 1.29 is 13.2 Å². The van der Waals surface area contributed by atoms with Crippen molar-refractivity contribution >= 4 is 37.5 Å². The second kappa shape index (κ2) is 5.22. The third-order valence-corrected chi connectivity index (χ3v) is 4.86. The summed E-state index contributed by atoms with van der Waals surface area (Å²) in [5, 5.41) is 2.83. The standard InChI is InChI=1S/C12H15BrN2O3S/c1-8-5-10(13)3-4-11(8)14-12(16)9-6-15(7-9)19(2,17)18/h3-5,9H,6-7H2,1-2H3,(H,14,16). The van der Waals surface area contributed by atoms with E-state index in [1.165, 1.54) is 4.31 Å². The van der Waals surface area contributed by atoms with Crippen molar-refractivity contribution in [2.75, 3.05) is 24.7 Å². The van der Waals surface area contributed by atoms with Gasteiger partial charge < -0.3 is 5.32 Å². The largest absolute Gasteiger partial charge is 0.326 e. The molecule has 104 valence electrons. The second-order valence-corrected chi connectivity index (χ2v) is 7.62. The fourth-order valence-electron chi connectivity index (χ4n) is 1.88. The van der Waals surface area contributed by atoms with Crippen molar-refractivity contribution in [3.05, 3.63) is 28.2 Å². The maximum absolute atomic E-state index is 12.0. The molecule has 0 bridgehead atoms. The fraction of sp³-hybridized carbons (Fsp3) is 0.417. The molecule has 1 aromatic carbocycles. The molecule has 1 aromatic rings. The zero-order valence-electron chi connectivity index (χ0n) is 10.7. The van der Waals surface area contributed by atoms with Crippen LogP contribution in [0.5, 0.6) is 0 Å². The minimum absolute atomic E-state index is 0.134. The highest BCUT2D eigenvalue weighted by Gasteiger charge is 2.37. The molecule has 1 saturated heterocycles. The summed E-state index contributed by atoms with van der Waals surface area (Å²) in [4.78, 5) is 12.0. The summed E-state index contributed by atoms with van der Waals surface area (Å²) in [6.45, 7) is 2.43. The molecule has 1 amide bonds. The zero-order chi connectivity index (χ0) is 14.2. The average Bonchev–Trinajstić information content (AvgIpc) is 2.17. The number of carbonyl (C=O) groups is 1. The van der Waals surface area contributed by atoms with Crippen LogP contribution in [0.3, 0.4) is 0 Å². The molecule has 1 fully saturated rings. The van der Waals surface area contributed by atoms with Gasteiger partial charge in [-0.15, -0.1) is 0 Å². The molecule has 0 radical (unpaired) electrons. The van der Waals surface area contributed by atoms with Gasteiger partial charge in [-0.3, -0.25) is 4.79 Å². The van der Waals surface area contributed by atoms with Crippen molar-refractivity contribution in [3.8, 4) is 0 Å². The van der Waals surface area contributed by atoms with E-state index in [1.54, 1.807) is 0 Å². The number of hydrogen-bond acceptors (Lipinski definition) is 3. The molecule has 0 spiro atoms. The SMILES string of the molecule is Cc1cc(Br)ccc1NC(=O)C1CN(S(C)(=O)=O)C1. The molecule has 2 rings (SSSR count). The Labute approximate surface area is 121 Å². The monoisotopic (exact) mass is 346 g/mol. The summed E-state index contributed by atoms with van der Waals surface area (Å²) in [6, 6.07) is 5.59. The predicted molar refractivity (Wildman–Crippen MR) is 77.4 cm³/mol. The van der Waals surface area contributed by atoms with E-state index >= 15 is 0 Å². The number of carbonyl (C=O) groups excluding carboxylic acids is 1. The lowest BCUT2D eigenvalue weighted by Gasteiger charge is -2.36. The second-order valence-electron chi connectivity index (χ2n) is 4.73. The van der Waals surface area contributed by atoms with E-state index in [-0.39, 0.29) is 24.9 Å². The van der Waals surface area contributed by atoms with Gasteiger partial charge >= 0.3 is 0 Å². The first-order valence-electron chi connectivity index (χ1n) is 5.79. The molecule has 0 atom stereocenters. The number of sulfonamides is 1. The normalized spacial score (nSPS) is 17.0. The van der Waals surface area contributed by atoms with Crippen LogP contribution in [-0.2, 0) is 14.8 Å². The van der Waals surface area contributed by atoms with Gasteiger partial charge in [0.25, 0.3) is 0 Å². The number of nitrogens with one attached hydrogen (secondary N) is 1. The maximum Gasteiger partial charge on any atom is 0.230 e. The lowest BCUT2D eigenvalue weighted by molar-refractivity contribution is -0.122. The highest BCUT2D eigenvalue weighted by molar-refractivity contribution is 9.10. The van der Waals surface area contributed by atoms with E-state index in [0.717, 1.165) is 22.0 Å². The first-order chi connectivity index (χ1) is 8.77.